The molecule has 3 N–H and O–H groups in total. The van der Waals surface area contributed by atoms with Gasteiger partial charge in [-0.15, -0.1) is 0 Å². The molecule has 0 bridgehead atoms. The number of pyridine rings is 1. The molecule has 0 radical (unpaired) electrons. The minimum absolute atomic E-state index is 0.0627. The maximum atomic E-state index is 5.89. The number of nitrogens with one attached hydrogen (secondary N) is 1. The maximum Gasteiger partial charge on any atom is 0.123 e. The monoisotopic (exact) mass is 235 g/mol. The third-order valence-electron chi connectivity index (χ3n) is 3.62. The molecule has 2 unspecified atom stereocenters. The number of nitrogens with zero attached hydrogens (tertiary/aromatic N) is 1. The van der Waals surface area contributed by atoms with Crippen LogP contribution in [0.15, 0.2) is 18.3 Å². The molecule has 4 heteroatoms. The average Bonchev–Trinajstić information content (AvgIpc) is 2.74. The van der Waals surface area contributed by atoms with Gasteiger partial charge in [-0.05, 0) is 50.9 Å². The highest BCUT2D eigenvalue weighted by molar-refractivity contribution is 5.32. The van der Waals surface area contributed by atoms with Crippen LogP contribution in [-0.2, 0) is 11.2 Å². The van der Waals surface area contributed by atoms with E-state index in [-0.39, 0.29) is 5.60 Å². The molecule has 0 aliphatic carbocycles. The maximum absolute atomic E-state index is 5.89. The van der Waals surface area contributed by atoms with Crippen LogP contribution in [0.4, 0.5) is 5.82 Å². The molecule has 0 spiro atoms. The van der Waals surface area contributed by atoms with E-state index in [9.17, 15) is 0 Å². The molecule has 2 heterocycles. The molecule has 0 aromatic carbocycles. The Morgan fingerprint density at radius 3 is 3.06 bits per heavy atom. The van der Waals surface area contributed by atoms with Crippen molar-refractivity contribution in [1.29, 1.82) is 0 Å². The summed E-state index contributed by atoms with van der Waals surface area (Å²) in [7, 11) is 1.99. The van der Waals surface area contributed by atoms with Crippen LogP contribution in [0.1, 0.15) is 25.3 Å². The molecule has 1 fully saturated rings. The summed E-state index contributed by atoms with van der Waals surface area (Å²) >= 11 is 0. The second-order valence-electron chi connectivity index (χ2n) is 4.90. The zero-order valence-corrected chi connectivity index (χ0v) is 10.6. The largest absolute Gasteiger partial charge is 0.384 e. The Morgan fingerprint density at radius 2 is 2.47 bits per heavy atom. The van der Waals surface area contributed by atoms with Crippen LogP contribution in [0.2, 0.25) is 0 Å². The van der Waals surface area contributed by atoms with Crippen molar-refractivity contribution in [1.82, 2.24) is 10.3 Å². The number of hydrogen-bond acceptors (Lipinski definition) is 4. The van der Waals surface area contributed by atoms with Crippen molar-refractivity contribution < 1.29 is 4.74 Å². The van der Waals surface area contributed by atoms with Crippen molar-refractivity contribution in [2.75, 3.05) is 19.4 Å². The lowest BCUT2D eigenvalue weighted by Gasteiger charge is -2.33. The SMILES string of the molecule is CNC(Cc1ccnc(N)c1)C1(C)CCCO1. The van der Waals surface area contributed by atoms with E-state index < -0.39 is 0 Å². The van der Waals surface area contributed by atoms with Gasteiger partial charge in [0.2, 0.25) is 0 Å². The lowest BCUT2D eigenvalue weighted by Crippen LogP contribution is -2.48. The summed E-state index contributed by atoms with van der Waals surface area (Å²) in [6.07, 6.45) is 4.93. The lowest BCUT2D eigenvalue weighted by atomic mass is 9.88. The van der Waals surface area contributed by atoms with E-state index in [1.54, 1.807) is 6.20 Å². The smallest absolute Gasteiger partial charge is 0.123 e. The lowest BCUT2D eigenvalue weighted by molar-refractivity contribution is -0.00943. The second-order valence-corrected chi connectivity index (χ2v) is 4.90. The molecule has 17 heavy (non-hydrogen) atoms. The fraction of sp³-hybridized carbons (Fsp3) is 0.615. The van der Waals surface area contributed by atoms with Gasteiger partial charge in [-0.1, -0.05) is 0 Å². The number of nitrogens with two attached hydrogens (primary N) is 1. The highest BCUT2D eigenvalue weighted by Gasteiger charge is 2.37. The van der Waals surface area contributed by atoms with Crippen molar-refractivity contribution in [2.24, 2.45) is 0 Å². The number of hydrogen-bond donors (Lipinski definition) is 2. The number of nitrogen functional groups attached to an aromatic ring is 1. The van der Waals surface area contributed by atoms with Crippen molar-refractivity contribution in [3.63, 3.8) is 0 Å². The van der Waals surface area contributed by atoms with Crippen molar-refractivity contribution in [3.8, 4) is 0 Å². The Balaban J connectivity index is 2.09. The first-order valence-electron chi connectivity index (χ1n) is 6.16. The molecule has 94 valence electrons. The molecule has 1 aromatic rings. The number of anilines is 1. The highest BCUT2D eigenvalue weighted by atomic mass is 16.5. The molecular formula is C13H21N3O. The van der Waals surface area contributed by atoms with E-state index in [0.29, 0.717) is 11.9 Å². The molecule has 2 rings (SSSR count). The van der Waals surface area contributed by atoms with Gasteiger partial charge >= 0.3 is 0 Å². The van der Waals surface area contributed by atoms with Crippen molar-refractivity contribution in [3.05, 3.63) is 23.9 Å². The summed E-state index contributed by atoms with van der Waals surface area (Å²) in [6.45, 7) is 3.05. The van der Waals surface area contributed by atoms with Gasteiger partial charge in [-0.3, -0.25) is 0 Å². The molecule has 2 atom stereocenters. The molecule has 4 nitrogen and oxygen atoms in total. The van der Waals surface area contributed by atoms with Crippen LogP contribution in [0.25, 0.3) is 0 Å². The fourth-order valence-corrected chi connectivity index (χ4v) is 2.56. The Morgan fingerprint density at radius 1 is 1.65 bits per heavy atom. The van der Waals surface area contributed by atoms with E-state index in [4.69, 9.17) is 10.5 Å². The summed E-state index contributed by atoms with van der Waals surface area (Å²) in [4.78, 5) is 4.01. The van der Waals surface area contributed by atoms with Gasteiger partial charge in [0.1, 0.15) is 5.82 Å². The highest BCUT2D eigenvalue weighted by Crippen LogP contribution is 2.30. The van der Waals surface area contributed by atoms with Gasteiger partial charge in [-0.2, -0.15) is 0 Å². The van der Waals surface area contributed by atoms with Gasteiger partial charge in [0, 0.05) is 18.8 Å². The summed E-state index contributed by atoms with van der Waals surface area (Å²) in [5, 5.41) is 3.37. The second kappa shape index (κ2) is 5.02. The van der Waals surface area contributed by atoms with Gasteiger partial charge < -0.3 is 15.8 Å². The molecule has 1 saturated heterocycles. The summed E-state index contributed by atoms with van der Waals surface area (Å²) in [5.41, 5.74) is 6.84. The average molecular weight is 235 g/mol. The first-order valence-corrected chi connectivity index (χ1v) is 6.16. The Hall–Kier alpha value is -1.13. The van der Waals surface area contributed by atoms with Crippen LogP contribution in [-0.4, -0.2) is 30.3 Å². The summed E-state index contributed by atoms with van der Waals surface area (Å²) in [5.74, 6) is 0.579. The fourth-order valence-electron chi connectivity index (χ4n) is 2.56. The Bertz CT molecular complexity index is 375. The van der Waals surface area contributed by atoms with Gasteiger partial charge in [-0.25, -0.2) is 4.98 Å². The summed E-state index contributed by atoms with van der Waals surface area (Å²) < 4.78 is 5.89. The van der Waals surface area contributed by atoms with Gasteiger partial charge in [0.05, 0.1) is 5.60 Å². The van der Waals surface area contributed by atoms with Crippen LogP contribution in [0.3, 0.4) is 0 Å². The summed E-state index contributed by atoms with van der Waals surface area (Å²) in [6, 6.07) is 4.26. The molecule has 1 aliphatic rings. The van der Waals surface area contributed by atoms with Crippen molar-refractivity contribution in [2.45, 2.75) is 37.8 Å². The molecular weight excluding hydrogens is 214 g/mol. The molecule has 0 saturated carbocycles. The van der Waals surface area contributed by atoms with Crippen LogP contribution < -0.4 is 11.1 Å². The van der Waals surface area contributed by atoms with E-state index in [1.165, 1.54) is 5.56 Å². The minimum Gasteiger partial charge on any atom is -0.384 e. The van der Waals surface area contributed by atoms with Gasteiger partial charge in [0.25, 0.3) is 0 Å². The van der Waals surface area contributed by atoms with E-state index >= 15 is 0 Å². The third kappa shape index (κ3) is 2.76. The normalized spacial score (nSPS) is 26.0. The third-order valence-corrected chi connectivity index (χ3v) is 3.62. The van der Waals surface area contributed by atoms with Crippen LogP contribution >= 0.6 is 0 Å². The predicted octanol–water partition coefficient (Wildman–Crippen LogP) is 1.36. The van der Waals surface area contributed by atoms with Gasteiger partial charge in [0.15, 0.2) is 0 Å². The van der Waals surface area contributed by atoms with Crippen LogP contribution in [0.5, 0.6) is 0 Å². The first-order chi connectivity index (χ1) is 8.14. The number of rotatable bonds is 4. The zero-order chi connectivity index (χ0) is 12.3. The van der Waals surface area contributed by atoms with E-state index in [1.807, 2.05) is 19.2 Å². The standard InChI is InChI=1S/C13H21N3O/c1-13(5-3-7-17-13)11(15-2)8-10-4-6-16-12(14)9-10/h4,6,9,11,15H,3,5,7-8H2,1-2H3,(H2,14,16). The predicted molar refractivity (Wildman–Crippen MR) is 68.8 cm³/mol. The topological polar surface area (TPSA) is 60.2 Å². The van der Waals surface area contributed by atoms with Crippen LogP contribution in [0, 0.1) is 0 Å². The van der Waals surface area contributed by atoms with E-state index in [0.717, 1.165) is 25.9 Å². The van der Waals surface area contributed by atoms with E-state index in [2.05, 4.69) is 17.2 Å². The number of aromatic nitrogens is 1. The van der Waals surface area contributed by atoms with Crippen molar-refractivity contribution >= 4 is 5.82 Å². The zero-order valence-electron chi connectivity index (χ0n) is 10.6. The number of likely N-dealkylation sites (N-methyl/N-ethyl adjacent to an activating group) is 1. The molecule has 1 aliphatic heterocycles. The Kier molecular flexibility index (Phi) is 3.64. The molecule has 0 amide bonds. The minimum atomic E-state index is -0.0627. The quantitative estimate of drug-likeness (QED) is 0.827. The Labute approximate surface area is 103 Å². The number of ether oxygens (including phenoxy) is 1. The molecule has 1 aromatic heterocycles. The first kappa shape index (κ1) is 12.3.